The van der Waals surface area contributed by atoms with E-state index >= 15 is 0 Å². The van der Waals surface area contributed by atoms with Crippen LogP contribution in [0.3, 0.4) is 0 Å². The number of H-pyrrole nitrogens is 1. The summed E-state index contributed by atoms with van der Waals surface area (Å²) in [6, 6.07) is 14.6. The van der Waals surface area contributed by atoms with E-state index in [1.54, 1.807) is 6.20 Å². The zero-order valence-corrected chi connectivity index (χ0v) is 13.7. The number of pyridine rings is 1. The van der Waals surface area contributed by atoms with Gasteiger partial charge < -0.3 is 5.32 Å². The molecule has 0 saturated heterocycles. The van der Waals surface area contributed by atoms with E-state index in [2.05, 4.69) is 50.8 Å². The molecule has 3 aromatic rings. The number of aromatic amines is 1. The zero-order valence-electron chi connectivity index (χ0n) is 12.9. The fraction of sp³-hybridized carbons (Fsp3) is 0.222. The van der Waals surface area contributed by atoms with Crippen molar-refractivity contribution in [3.05, 3.63) is 72.2 Å². The van der Waals surface area contributed by atoms with E-state index in [9.17, 15) is 0 Å². The maximum absolute atomic E-state index is 4.16. The van der Waals surface area contributed by atoms with Gasteiger partial charge in [0.05, 0.1) is 11.9 Å². The number of nitrogens with one attached hydrogen (secondary N) is 2. The topological polar surface area (TPSA) is 53.6 Å². The average molecular weight is 324 g/mol. The van der Waals surface area contributed by atoms with Gasteiger partial charge in [-0.15, -0.1) is 0 Å². The van der Waals surface area contributed by atoms with Crippen molar-refractivity contribution in [3.8, 4) is 11.3 Å². The summed E-state index contributed by atoms with van der Waals surface area (Å²) in [5.41, 5.74) is 4.67. The Labute approximate surface area is 140 Å². The molecule has 0 spiro atoms. The summed E-state index contributed by atoms with van der Waals surface area (Å²) >= 11 is 1.95. The Morgan fingerprint density at radius 2 is 1.96 bits per heavy atom. The highest BCUT2D eigenvalue weighted by Crippen LogP contribution is 2.19. The molecule has 0 aliphatic heterocycles. The van der Waals surface area contributed by atoms with Crippen molar-refractivity contribution >= 4 is 11.8 Å². The Balaban J connectivity index is 1.41. The fourth-order valence-corrected chi connectivity index (χ4v) is 3.20. The second-order valence-electron chi connectivity index (χ2n) is 5.23. The third kappa shape index (κ3) is 4.68. The number of hydrogen-bond donors (Lipinski definition) is 2. The zero-order chi connectivity index (χ0) is 15.7. The van der Waals surface area contributed by atoms with Crippen molar-refractivity contribution in [3.63, 3.8) is 0 Å². The minimum atomic E-state index is 0.812. The second-order valence-corrected chi connectivity index (χ2v) is 6.33. The predicted molar refractivity (Wildman–Crippen MR) is 96.1 cm³/mol. The Morgan fingerprint density at radius 3 is 2.78 bits per heavy atom. The largest absolute Gasteiger partial charge is 0.312 e. The van der Waals surface area contributed by atoms with Crippen LogP contribution in [0.5, 0.6) is 0 Å². The summed E-state index contributed by atoms with van der Waals surface area (Å²) in [6.45, 7) is 1.79. The molecule has 0 bridgehead atoms. The lowest BCUT2D eigenvalue weighted by atomic mass is 10.1. The third-order valence-corrected chi connectivity index (χ3v) is 4.55. The molecule has 3 rings (SSSR count). The van der Waals surface area contributed by atoms with E-state index in [-0.39, 0.29) is 0 Å². The van der Waals surface area contributed by atoms with Gasteiger partial charge in [-0.2, -0.15) is 16.9 Å². The minimum absolute atomic E-state index is 0.812. The smallest absolute Gasteiger partial charge is 0.0710 e. The van der Waals surface area contributed by atoms with Crippen LogP contribution in [0.1, 0.15) is 11.1 Å². The summed E-state index contributed by atoms with van der Waals surface area (Å²) in [7, 11) is 0. The normalized spacial score (nSPS) is 10.8. The van der Waals surface area contributed by atoms with Crippen molar-refractivity contribution in [1.29, 1.82) is 0 Å². The molecule has 0 aliphatic carbocycles. The van der Waals surface area contributed by atoms with Crippen molar-refractivity contribution in [2.45, 2.75) is 12.3 Å². The minimum Gasteiger partial charge on any atom is -0.312 e. The van der Waals surface area contributed by atoms with Crippen molar-refractivity contribution in [2.24, 2.45) is 0 Å². The number of hydrogen-bond acceptors (Lipinski definition) is 4. The van der Waals surface area contributed by atoms with E-state index in [0.717, 1.165) is 35.9 Å². The summed E-state index contributed by atoms with van der Waals surface area (Å²) in [5, 5.41) is 10.7. The molecule has 0 atom stereocenters. The van der Waals surface area contributed by atoms with Crippen LogP contribution in [0.2, 0.25) is 0 Å². The molecule has 1 aromatic carbocycles. The van der Waals surface area contributed by atoms with Crippen LogP contribution in [0.4, 0.5) is 0 Å². The van der Waals surface area contributed by atoms with Gasteiger partial charge in [-0.25, -0.2) is 0 Å². The van der Waals surface area contributed by atoms with Gasteiger partial charge in [0.1, 0.15) is 0 Å². The summed E-state index contributed by atoms with van der Waals surface area (Å²) < 4.78 is 0. The van der Waals surface area contributed by atoms with E-state index in [1.165, 1.54) is 11.1 Å². The Hall–Kier alpha value is -2.11. The Kier molecular flexibility index (Phi) is 5.83. The van der Waals surface area contributed by atoms with Crippen molar-refractivity contribution in [2.75, 3.05) is 12.3 Å². The van der Waals surface area contributed by atoms with Gasteiger partial charge in [0.25, 0.3) is 0 Å². The molecule has 23 heavy (non-hydrogen) atoms. The molecule has 5 heteroatoms. The van der Waals surface area contributed by atoms with Crippen LogP contribution in [-0.4, -0.2) is 27.5 Å². The first-order valence-electron chi connectivity index (χ1n) is 7.68. The molecule has 0 radical (unpaired) electrons. The molecule has 0 aliphatic rings. The van der Waals surface area contributed by atoms with Crippen LogP contribution in [0, 0.1) is 0 Å². The first-order valence-corrected chi connectivity index (χ1v) is 8.84. The molecule has 2 N–H and O–H groups in total. The summed E-state index contributed by atoms with van der Waals surface area (Å²) in [5.74, 6) is 2.16. The average Bonchev–Trinajstić information content (AvgIpc) is 3.08. The summed E-state index contributed by atoms with van der Waals surface area (Å²) in [4.78, 5) is 4.16. The molecule has 0 fully saturated rings. The number of nitrogens with zero attached hydrogens (tertiary/aromatic N) is 2. The van der Waals surface area contributed by atoms with Gasteiger partial charge in [0.15, 0.2) is 0 Å². The van der Waals surface area contributed by atoms with Crippen LogP contribution in [-0.2, 0) is 12.3 Å². The molecule has 2 aromatic heterocycles. The molecule has 4 nitrogen and oxygen atoms in total. The van der Waals surface area contributed by atoms with Crippen LogP contribution in [0.15, 0.2) is 61.1 Å². The number of aromatic nitrogens is 3. The number of benzene rings is 1. The third-order valence-electron chi connectivity index (χ3n) is 3.52. The lowest BCUT2D eigenvalue weighted by molar-refractivity contribution is 0.733. The van der Waals surface area contributed by atoms with E-state index in [1.807, 2.05) is 36.3 Å². The van der Waals surface area contributed by atoms with Gasteiger partial charge >= 0.3 is 0 Å². The molecule has 0 saturated carbocycles. The highest BCUT2D eigenvalue weighted by atomic mass is 32.2. The lowest BCUT2D eigenvalue weighted by Gasteiger charge is -2.06. The van der Waals surface area contributed by atoms with Gasteiger partial charge in [-0.05, 0) is 17.7 Å². The number of thioether (sulfide) groups is 1. The van der Waals surface area contributed by atoms with Crippen LogP contribution in [0.25, 0.3) is 11.3 Å². The molecule has 2 heterocycles. The van der Waals surface area contributed by atoms with E-state index in [4.69, 9.17) is 0 Å². The first-order chi connectivity index (χ1) is 11.4. The standard InChI is InChI=1S/C18H20N4S/c1-2-5-15(6-3-1)14-23-10-9-20-12-17-13-21-22-18(17)16-7-4-8-19-11-16/h1-8,11,13,20H,9-10,12,14H2,(H,21,22). The Bertz CT molecular complexity index is 697. The van der Waals surface area contributed by atoms with Gasteiger partial charge in [0, 0.05) is 48.1 Å². The van der Waals surface area contributed by atoms with Crippen LogP contribution < -0.4 is 5.32 Å². The summed E-state index contributed by atoms with van der Waals surface area (Å²) in [6.07, 6.45) is 5.51. The molecule has 118 valence electrons. The van der Waals surface area contributed by atoms with E-state index < -0.39 is 0 Å². The maximum Gasteiger partial charge on any atom is 0.0710 e. The lowest BCUT2D eigenvalue weighted by Crippen LogP contribution is -2.16. The van der Waals surface area contributed by atoms with Gasteiger partial charge in [-0.3, -0.25) is 10.1 Å². The molecule has 0 amide bonds. The predicted octanol–water partition coefficient (Wildman–Crippen LogP) is 3.49. The fourth-order valence-electron chi connectivity index (χ4n) is 2.34. The highest BCUT2D eigenvalue weighted by Gasteiger charge is 2.06. The van der Waals surface area contributed by atoms with Gasteiger partial charge in [-0.1, -0.05) is 30.3 Å². The van der Waals surface area contributed by atoms with Crippen LogP contribution >= 0.6 is 11.8 Å². The van der Waals surface area contributed by atoms with E-state index in [0.29, 0.717) is 0 Å². The monoisotopic (exact) mass is 324 g/mol. The quantitative estimate of drug-likeness (QED) is 0.623. The SMILES string of the molecule is c1ccc(CSCCNCc2cn[nH]c2-c2cccnc2)cc1. The molecular formula is C18H20N4S. The maximum atomic E-state index is 4.16. The van der Waals surface area contributed by atoms with Crippen molar-refractivity contribution in [1.82, 2.24) is 20.5 Å². The van der Waals surface area contributed by atoms with Gasteiger partial charge in [0.2, 0.25) is 0 Å². The molecule has 0 unspecified atom stereocenters. The Morgan fingerprint density at radius 1 is 1.04 bits per heavy atom. The highest BCUT2D eigenvalue weighted by molar-refractivity contribution is 7.98. The number of rotatable bonds is 8. The molecular weight excluding hydrogens is 304 g/mol. The second kappa shape index (κ2) is 8.50. The first kappa shape index (κ1) is 15.8. The van der Waals surface area contributed by atoms with Crippen molar-refractivity contribution < 1.29 is 0 Å².